The van der Waals surface area contributed by atoms with E-state index in [0.717, 1.165) is 6.42 Å². The number of ether oxygens (including phenoxy) is 2. The van der Waals surface area contributed by atoms with E-state index in [9.17, 15) is 9.90 Å². The molecule has 0 saturated carbocycles. The molecule has 0 aromatic rings. The SMILES string of the molecule is C=NCCOC(=C)C(C(CC)C(C)C)C(C(=O)O)C(CC(C)(C)C)OC. The van der Waals surface area contributed by atoms with Gasteiger partial charge in [0.15, 0.2) is 0 Å². The molecular weight excluding hydrogens is 330 g/mol. The molecule has 4 atom stereocenters. The minimum absolute atomic E-state index is 0.0482. The van der Waals surface area contributed by atoms with Crippen LogP contribution in [0.25, 0.3) is 0 Å². The average Bonchev–Trinajstić information content (AvgIpc) is 2.51. The van der Waals surface area contributed by atoms with Crippen molar-refractivity contribution in [3.63, 3.8) is 0 Å². The number of carboxylic acids is 1. The van der Waals surface area contributed by atoms with Crippen LogP contribution in [-0.2, 0) is 14.3 Å². The third-order valence-electron chi connectivity index (χ3n) is 4.89. The lowest BCUT2D eigenvalue weighted by Crippen LogP contribution is -2.43. The Balaban J connectivity index is 5.89. The average molecular weight is 370 g/mol. The molecule has 0 spiro atoms. The number of carboxylic acid groups (broad SMARTS) is 1. The quantitative estimate of drug-likeness (QED) is 0.291. The molecule has 5 heteroatoms. The van der Waals surface area contributed by atoms with Crippen molar-refractivity contribution in [2.24, 2.45) is 34.1 Å². The minimum atomic E-state index is -0.864. The van der Waals surface area contributed by atoms with Crippen molar-refractivity contribution in [2.45, 2.75) is 60.5 Å². The van der Waals surface area contributed by atoms with Crippen LogP contribution in [0.15, 0.2) is 17.3 Å². The zero-order valence-electron chi connectivity index (χ0n) is 17.7. The highest BCUT2D eigenvalue weighted by molar-refractivity contribution is 5.71. The summed E-state index contributed by atoms with van der Waals surface area (Å²) in [5.41, 5.74) is -0.0482. The maximum absolute atomic E-state index is 12.3. The molecule has 0 aliphatic heterocycles. The molecule has 0 aromatic heterocycles. The van der Waals surface area contributed by atoms with Crippen molar-refractivity contribution >= 4 is 12.7 Å². The second-order valence-corrected chi connectivity index (χ2v) is 8.51. The Morgan fingerprint density at radius 1 is 1.23 bits per heavy atom. The minimum Gasteiger partial charge on any atom is -0.496 e. The van der Waals surface area contributed by atoms with Crippen LogP contribution in [0.4, 0.5) is 0 Å². The van der Waals surface area contributed by atoms with Crippen LogP contribution in [-0.4, -0.2) is 44.2 Å². The van der Waals surface area contributed by atoms with Gasteiger partial charge in [-0.25, -0.2) is 0 Å². The number of aliphatic imine (C=N–C) groups is 1. The number of rotatable bonds is 13. The van der Waals surface area contributed by atoms with Crippen molar-refractivity contribution in [3.05, 3.63) is 12.3 Å². The van der Waals surface area contributed by atoms with E-state index in [-0.39, 0.29) is 17.3 Å². The lowest BCUT2D eigenvalue weighted by molar-refractivity contribution is -0.153. The maximum atomic E-state index is 12.3. The van der Waals surface area contributed by atoms with Crippen LogP contribution < -0.4 is 0 Å². The summed E-state index contributed by atoms with van der Waals surface area (Å²) in [5, 5.41) is 10.1. The van der Waals surface area contributed by atoms with Crippen molar-refractivity contribution in [1.82, 2.24) is 0 Å². The Morgan fingerprint density at radius 2 is 1.81 bits per heavy atom. The van der Waals surface area contributed by atoms with Gasteiger partial charge >= 0.3 is 5.97 Å². The second-order valence-electron chi connectivity index (χ2n) is 8.51. The number of aliphatic carboxylic acids is 1. The molecule has 0 aromatic carbocycles. The van der Waals surface area contributed by atoms with Crippen LogP contribution in [0.3, 0.4) is 0 Å². The van der Waals surface area contributed by atoms with Gasteiger partial charge in [0.2, 0.25) is 0 Å². The Labute approximate surface area is 159 Å². The standard InChI is InChI=1S/C21H39NO4/c1-10-16(14(2)3)18(15(4)26-12-11-22-8)19(20(23)24)17(25-9)13-21(5,6)7/h14,16-19H,4,8,10-13H2,1-3,5-7,9H3,(H,23,24). The van der Waals surface area contributed by atoms with Gasteiger partial charge < -0.3 is 14.6 Å². The molecule has 1 N–H and O–H groups in total. The normalized spacial score (nSPS) is 16.6. The third kappa shape index (κ3) is 7.90. The zero-order chi connectivity index (χ0) is 20.5. The van der Waals surface area contributed by atoms with Crippen molar-refractivity contribution in [3.8, 4) is 0 Å². The van der Waals surface area contributed by atoms with E-state index >= 15 is 0 Å². The molecule has 0 amide bonds. The van der Waals surface area contributed by atoms with Gasteiger partial charge in [0.25, 0.3) is 0 Å². The predicted octanol–water partition coefficient (Wildman–Crippen LogP) is 4.67. The van der Waals surface area contributed by atoms with Crippen molar-refractivity contribution < 1.29 is 19.4 Å². The molecule has 26 heavy (non-hydrogen) atoms. The predicted molar refractivity (Wildman–Crippen MR) is 108 cm³/mol. The van der Waals surface area contributed by atoms with E-state index < -0.39 is 18.0 Å². The van der Waals surface area contributed by atoms with Crippen LogP contribution >= 0.6 is 0 Å². The first kappa shape index (κ1) is 24.6. The van der Waals surface area contributed by atoms with Gasteiger partial charge in [0, 0.05) is 13.0 Å². The van der Waals surface area contributed by atoms with Crippen LogP contribution in [0, 0.1) is 29.1 Å². The van der Waals surface area contributed by atoms with Crippen LogP contribution in [0.5, 0.6) is 0 Å². The summed E-state index contributed by atoms with van der Waals surface area (Å²) in [6, 6.07) is 0. The zero-order valence-corrected chi connectivity index (χ0v) is 17.7. The molecule has 0 fully saturated rings. The summed E-state index contributed by atoms with van der Waals surface area (Å²) >= 11 is 0. The number of hydrogen-bond donors (Lipinski definition) is 1. The fourth-order valence-electron chi connectivity index (χ4n) is 3.69. The molecule has 0 heterocycles. The molecule has 0 bridgehead atoms. The lowest BCUT2D eigenvalue weighted by atomic mass is 9.69. The molecule has 0 aliphatic carbocycles. The van der Waals surface area contributed by atoms with E-state index in [1.165, 1.54) is 0 Å². The van der Waals surface area contributed by atoms with E-state index in [2.05, 4.69) is 59.8 Å². The van der Waals surface area contributed by atoms with Gasteiger partial charge in [-0.3, -0.25) is 9.79 Å². The van der Waals surface area contributed by atoms with E-state index in [4.69, 9.17) is 9.47 Å². The Morgan fingerprint density at radius 3 is 2.15 bits per heavy atom. The molecule has 0 radical (unpaired) electrons. The first-order valence-electron chi connectivity index (χ1n) is 9.49. The molecule has 5 nitrogen and oxygen atoms in total. The van der Waals surface area contributed by atoms with E-state index in [1.807, 2.05) is 0 Å². The topological polar surface area (TPSA) is 68.1 Å². The van der Waals surface area contributed by atoms with Gasteiger partial charge in [0.1, 0.15) is 6.61 Å². The highest BCUT2D eigenvalue weighted by atomic mass is 16.5. The van der Waals surface area contributed by atoms with Crippen molar-refractivity contribution in [2.75, 3.05) is 20.3 Å². The highest BCUT2D eigenvalue weighted by Crippen LogP contribution is 2.40. The molecular formula is C21H39NO4. The van der Waals surface area contributed by atoms with Gasteiger partial charge in [-0.1, -0.05) is 54.5 Å². The smallest absolute Gasteiger partial charge is 0.309 e. The molecule has 0 rings (SSSR count). The molecule has 4 unspecified atom stereocenters. The van der Waals surface area contributed by atoms with Gasteiger partial charge in [-0.05, 0) is 30.4 Å². The Kier molecular flexibility index (Phi) is 10.8. The summed E-state index contributed by atoms with van der Waals surface area (Å²) in [7, 11) is 1.59. The number of hydrogen-bond acceptors (Lipinski definition) is 4. The van der Waals surface area contributed by atoms with Gasteiger partial charge in [-0.2, -0.15) is 0 Å². The number of nitrogens with zero attached hydrogens (tertiary/aromatic N) is 1. The number of carbonyl (C=O) groups is 1. The number of allylic oxidation sites excluding steroid dienone is 1. The maximum Gasteiger partial charge on any atom is 0.309 e. The lowest BCUT2D eigenvalue weighted by Gasteiger charge is -2.39. The Bertz CT molecular complexity index is 453. The summed E-state index contributed by atoms with van der Waals surface area (Å²) in [5.74, 6) is -0.950. The summed E-state index contributed by atoms with van der Waals surface area (Å²) in [6.07, 6.45) is 1.08. The van der Waals surface area contributed by atoms with E-state index in [1.54, 1.807) is 7.11 Å². The molecule has 0 saturated heterocycles. The summed E-state index contributed by atoms with van der Waals surface area (Å²) < 4.78 is 11.5. The fraction of sp³-hybridized carbons (Fsp3) is 0.810. The van der Waals surface area contributed by atoms with Crippen molar-refractivity contribution in [1.29, 1.82) is 0 Å². The Hall–Kier alpha value is -1.36. The summed E-state index contributed by atoms with van der Waals surface area (Å²) in [4.78, 5) is 16.1. The highest BCUT2D eigenvalue weighted by Gasteiger charge is 2.43. The van der Waals surface area contributed by atoms with Crippen LogP contribution in [0.1, 0.15) is 54.4 Å². The molecule has 152 valence electrons. The second kappa shape index (κ2) is 11.4. The van der Waals surface area contributed by atoms with Gasteiger partial charge in [-0.15, -0.1) is 0 Å². The fourth-order valence-corrected chi connectivity index (χ4v) is 3.69. The van der Waals surface area contributed by atoms with E-state index in [0.29, 0.717) is 31.2 Å². The summed E-state index contributed by atoms with van der Waals surface area (Å²) in [6.45, 7) is 20.9. The monoisotopic (exact) mass is 369 g/mol. The van der Waals surface area contributed by atoms with Gasteiger partial charge in [0.05, 0.1) is 24.3 Å². The largest absolute Gasteiger partial charge is 0.496 e. The first-order chi connectivity index (χ1) is 12.0. The number of methoxy groups -OCH3 is 1. The third-order valence-corrected chi connectivity index (χ3v) is 4.89. The first-order valence-corrected chi connectivity index (χ1v) is 9.49. The van der Waals surface area contributed by atoms with Crippen LogP contribution in [0.2, 0.25) is 0 Å². The molecule has 0 aliphatic rings.